The summed E-state index contributed by atoms with van der Waals surface area (Å²) in [4.78, 5) is 16.2. The third kappa shape index (κ3) is 2.97. The van der Waals surface area contributed by atoms with Crippen molar-refractivity contribution in [3.05, 3.63) is 54.6 Å². The largest absolute Gasteiger partial charge is 0.323 e. The summed E-state index contributed by atoms with van der Waals surface area (Å²) in [5, 5.41) is 3.71. The summed E-state index contributed by atoms with van der Waals surface area (Å²) >= 11 is 0. The van der Waals surface area contributed by atoms with Crippen molar-refractivity contribution in [2.75, 3.05) is 6.26 Å². The molecule has 1 N–H and O–H groups in total. The number of imidazole rings is 1. The second kappa shape index (κ2) is 6.03. The number of rotatable bonds is 4. The van der Waals surface area contributed by atoms with E-state index in [1.807, 2.05) is 12.1 Å². The van der Waals surface area contributed by atoms with Crippen molar-refractivity contribution < 1.29 is 8.42 Å². The third-order valence-corrected chi connectivity index (χ3v) is 5.79. The average molecular weight is 368 g/mol. The topological polar surface area (TPSA) is 106 Å². The van der Waals surface area contributed by atoms with Gasteiger partial charge in [-0.15, -0.1) is 0 Å². The van der Waals surface area contributed by atoms with Gasteiger partial charge in [-0.1, -0.05) is 6.07 Å². The minimum Gasteiger partial charge on any atom is -0.323 e. The fraction of sp³-hybridized carbons (Fsp3) is 0.176. The van der Waals surface area contributed by atoms with Gasteiger partial charge >= 0.3 is 0 Å². The van der Waals surface area contributed by atoms with Gasteiger partial charge in [-0.25, -0.2) is 28.1 Å². The second-order valence-corrected chi connectivity index (χ2v) is 8.42. The number of pyridine rings is 2. The van der Waals surface area contributed by atoms with Gasteiger partial charge in [0.15, 0.2) is 21.3 Å². The summed E-state index contributed by atoms with van der Waals surface area (Å²) in [6, 6.07) is 7.21. The summed E-state index contributed by atoms with van der Waals surface area (Å²) < 4.78 is 24.9. The predicted molar refractivity (Wildman–Crippen MR) is 97.5 cm³/mol. The molecular formula is C17H16N6O2S. The van der Waals surface area contributed by atoms with Crippen molar-refractivity contribution in [3.8, 4) is 17.2 Å². The average Bonchev–Trinajstić information content (AvgIpc) is 3.27. The van der Waals surface area contributed by atoms with E-state index in [1.165, 1.54) is 6.26 Å². The highest BCUT2D eigenvalue weighted by atomic mass is 32.2. The number of aromatic amines is 1. The lowest BCUT2D eigenvalue weighted by Gasteiger charge is -2.09. The Morgan fingerprint density at radius 3 is 2.69 bits per heavy atom. The van der Waals surface area contributed by atoms with Gasteiger partial charge in [0.25, 0.3) is 0 Å². The van der Waals surface area contributed by atoms with E-state index >= 15 is 0 Å². The first-order chi connectivity index (χ1) is 12.4. The van der Waals surface area contributed by atoms with E-state index in [9.17, 15) is 8.42 Å². The van der Waals surface area contributed by atoms with Crippen LogP contribution in [0.4, 0.5) is 0 Å². The van der Waals surface area contributed by atoms with E-state index in [0.29, 0.717) is 22.9 Å². The molecule has 0 saturated carbocycles. The van der Waals surface area contributed by atoms with E-state index in [1.54, 1.807) is 48.5 Å². The highest BCUT2D eigenvalue weighted by molar-refractivity contribution is 7.90. The molecule has 0 aliphatic carbocycles. The fourth-order valence-corrected chi connectivity index (χ4v) is 3.21. The summed E-state index contributed by atoms with van der Waals surface area (Å²) in [5.41, 5.74) is 2.95. The van der Waals surface area contributed by atoms with E-state index in [0.717, 1.165) is 11.1 Å². The number of aromatic nitrogens is 6. The fourth-order valence-electron chi connectivity index (χ4n) is 2.57. The predicted octanol–water partition coefficient (Wildman–Crippen LogP) is 2.31. The summed E-state index contributed by atoms with van der Waals surface area (Å²) in [5.74, 6) is 1.27. The molecule has 0 aliphatic rings. The zero-order valence-corrected chi connectivity index (χ0v) is 15.0. The van der Waals surface area contributed by atoms with Gasteiger partial charge in [-0.05, 0) is 30.7 Å². The normalized spacial score (nSPS) is 13.2. The first-order valence-corrected chi connectivity index (χ1v) is 9.88. The first kappa shape index (κ1) is 16.4. The van der Waals surface area contributed by atoms with Crippen LogP contribution in [0.15, 0.2) is 49.1 Å². The highest BCUT2D eigenvalue weighted by Crippen LogP contribution is 2.22. The Morgan fingerprint density at radius 1 is 1.15 bits per heavy atom. The van der Waals surface area contributed by atoms with E-state index in [4.69, 9.17) is 0 Å². The number of nitrogens with zero attached hydrogens (tertiary/aromatic N) is 5. The van der Waals surface area contributed by atoms with Crippen molar-refractivity contribution in [1.29, 1.82) is 0 Å². The maximum Gasteiger partial charge on any atom is 0.157 e. The molecule has 4 aromatic rings. The summed E-state index contributed by atoms with van der Waals surface area (Å²) in [7, 11) is -3.16. The lowest BCUT2D eigenvalue weighted by atomic mass is 10.2. The van der Waals surface area contributed by atoms with Crippen LogP contribution in [0.1, 0.15) is 17.7 Å². The SMILES string of the molecule is CC(c1ccc(-n2cc(-c3nc4cccnc4[nH]3)cn2)nc1)S(C)(=O)=O. The van der Waals surface area contributed by atoms with Crippen LogP contribution in [-0.2, 0) is 9.84 Å². The molecule has 132 valence electrons. The molecule has 8 nitrogen and oxygen atoms in total. The van der Waals surface area contributed by atoms with Gasteiger partial charge < -0.3 is 4.98 Å². The molecule has 0 fully saturated rings. The molecule has 0 amide bonds. The molecule has 26 heavy (non-hydrogen) atoms. The number of fused-ring (bicyclic) bond motifs is 1. The summed E-state index contributed by atoms with van der Waals surface area (Å²) in [6.45, 7) is 1.65. The molecule has 9 heteroatoms. The quantitative estimate of drug-likeness (QED) is 0.592. The Morgan fingerprint density at radius 2 is 2.00 bits per heavy atom. The van der Waals surface area contributed by atoms with Crippen LogP contribution >= 0.6 is 0 Å². The zero-order chi connectivity index (χ0) is 18.3. The van der Waals surface area contributed by atoms with Crippen LogP contribution in [-0.4, -0.2) is 44.4 Å². The van der Waals surface area contributed by atoms with Crippen LogP contribution in [0, 0.1) is 0 Å². The Bertz CT molecular complexity index is 1140. The highest BCUT2D eigenvalue weighted by Gasteiger charge is 2.17. The first-order valence-electron chi connectivity index (χ1n) is 7.93. The summed E-state index contributed by atoms with van der Waals surface area (Å²) in [6.07, 6.45) is 7.98. The molecule has 0 spiro atoms. The van der Waals surface area contributed by atoms with Crippen LogP contribution < -0.4 is 0 Å². The smallest absolute Gasteiger partial charge is 0.157 e. The van der Waals surface area contributed by atoms with Crippen LogP contribution in [0.25, 0.3) is 28.4 Å². The van der Waals surface area contributed by atoms with E-state index in [2.05, 4.69) is 25.0 Å². The molecule has 1 atom stereocenters. The lowest BCUT2D eigenvalue weighted by molar-refractivity contribution is 0.592. The number of sulfone groups is 1. The molecule has 0 aromatic carbocycles. The molecule has 4 aromatic heterocycles. The van der Waals surface area contributed by atoms with Gasteiger partial charge in [0.05, 0.1) is 17.0 Å². The molecule has 0 aliphatic heterocycles. The van der Waals surface area contributed by atoms with Gasteiger partial charge in [0.2, 0.25) is 0 Å². The minimum absolute atomic E-state index is 0.593. The molecule has 0 radical (unpaired) electrons. The van der Waals surface area contributed by atoms with Crippen molar-refractivity contribution in [2.45, 2.75) is 12.2 Å². The maximum absolute atomic E-state index is 11.7. The van der Waals surface area contributed by atoms with Gasteiger partial charge in [0, 0.05) is 24.8 Å². The molecular weight excluding hydrogens is 352 g/mol. The number of hydrogen-bond donors (Lipinski definition) is 1. The van der Waals surface area contributed by atoms with Crippen molar-refractivity contribution in [2.24, 2.45) is 0 Å². The Labute approximate surface area is 149 Å². The number of nitrogens with one attached hydrogen (secondary N) is 1. The van der Waals surface area contributed by atoms with Crippen LogP contribution in [0.3, 0.4) is 0 Å². The maximum atomic E-state index is 11.7. The van der Waals surface area contributed by atoms with Gasteiger partial charge in [-0.3, -0.25) is 0 Å². The van der Waals surface area contributed by atoms with Crippen molar-refractivity contribution in [3.63, 3.8) is 0 Å². The monoisotopic (exact) mass is 368 g/mol. The number of hydrogen-bond acceptors (Lipinski definition) is 6. The Kier molecular flexibility index (Phi) is 3.80. The molecule has 4 rings (SSSR count). The number of H-pyrrole nitrogens is 1. The van der Waals surface area contributed by atoms with Crippen molar-refractivity contribution >= 4 is 21.0 Å². The minimum atomic E-state index is -3.16. The molecule has 4 heterocycles. The Hall–Kier alpha value is -3.07. The lowest BCUT2D eigenvalue weighted by Crippen LogP contribution is -2.08. The molecule has 0 saturated heterocycles. The molecule has 0 bridgehead atoms. The van der Waals surface area contributed by atoms with Crippen molar-refractivity contribution in [1.82, 2.24) is 29.7 Å². The van der Waals surface area contributed by atoms with Gasteiger partial charge in [0.1, 0.15) is 11.3 Å². The van der Waals surface area contributed by atoms with Crippen LogP contribution in [0.5, 0.6) is 0 Å². The standard InChI is InChI=1S/C17H16N6O2S/c1-11(26(2,24)25)12-5-6-15(19-8-12)23-10-13(9-20-23)16-21-14-4-3-7-18-17(14)22-16/h3-11H,1-2H3,(H,18,21,22). The van der Waals surface area contributed by atoms with E-state index < -0.39 is 15.1 Å². The van der Waals surface area contributed by atoms with Gasteiger partial charge in [-0.2, -0.15) is 5.10 Å². The molecule has 1 unspecified atom stereocenters. The third-order valence-electron chi connectivity index (χ3n) is 4.23. The Balaban J connectivity index is 1.63. The van der Waals surface area contributed by atoms with Crippen LogP contribution in [0.2, 0.25) is 0 Å². The second-order valence-electron chi connectivity index (χ2n) is 6.05. The van der Waals surface area contributed by atoms with E-state index in [-0.39, 0.29) is 0 Å². The zero-order valence-electron chi connectivity index (χ0n) is 14.2.